The van der Waals surface area contributed by atoms with Crippen LogP contribution in [0.2, 0.25) is 0 Å². The monoisotopic (exact) mass is 222 g/mol. The molecule has 0 N–H and O–H groups in total. The Labute approximate surface area is 96.1 Å². The van der Waals surface area contributed by atoms with Gasteiger partial charge in [-0.1, -0.05) is 19.1 Å². The van der Waals surface area contributed by atoms with E-state index in [1.807, 2.05) is 38.1 Å². The average molecular weight is 222 g/mol. The molecule has 0 bridgehead atoms. The third-order valence-electron chi connectivity index (χ3n) is 2.33. The topological polar surface area (TPSA) is 39.4 Å². The second kappa shape index (κ2) is 5.54. The number of allylic oxidation sites excluding steroid dienone is 1. The average Bonchev–Trinajstić information content (AvgIpc) is 2.68. The van der Waals surface area contributed by atoms with Crippen molar-refractivity contribution in [1.29, 1.82) is 0 Å². The van der Waals surface area contributed by atoms with Gasteiger partial charge < -0.3 is 9.15 Å². The van der Waals surface area contributed by atoms with Gasteiger partial charge in [-0.25, -0.2) is 0 Å². The highest BCUT2D eigenvalue weighted by atomic mass is 16.5. The second-order valence-corrected chi connectivity index (χ2v) is 4.19. The van der Waals surface area contributed by atoms with Crippen molar-refractivity contribution >= 4 is 5.97 Å². The molecule has 0 saturated carbocycles. The zero-order valence-electron chi connectivity index (χ0n) is 10.0. The first kappa shape index (κ1) is 12.6. The minimum Gasteiger partial charge on any atom is -0.469 e. The first-order chi connectivity index (χ1) is 7.56. The Bertz CT molecular complexity index is 351. The number of hydrogen-bond acceptors (Lipinski definition) is 3. The summed E-state index contributed by atoms with van der Waals surface area (Å²) in [5, 5.41) is 0. The van der Waals surface area contributed by atoms with Crippen LogP contribution in [0.25, 0.3) is 0 Å². The molecule has 16 heavy (non-hydrogen) atoms. The molecular weight excluding hydrogens is 204 g/mol. The number of furan rings is 1. The predicted octanol–water partition coefficient (Wildman–Crippen LogP) is 2.97. The van der Waals surface area contributed by atoms with Gasteiger partial charge >= 0.3 is 5.97 Å². The van der Waals surface area contributed by atoms with Crippen LogP contribution >= 0.6 is 0 Å². The van der Waals surface area contributed by atoms with E-state index in [0.717, 1.165) is 12.2 Å². The molecule has 3 nitrogen and oxygen atoms in total. The van der Waals surface area contributed by atoms with E-state index >= 15 is 0 Å². The first-order valence-electron chi connectivity index (χ1n) is 5.35. The van der Waals surface area contributed by atoms with Crippen LogP contribution in [0.15, 0.2) is 35.0 Å². The van der Waals surface area contributed by atoms with E-state index in [-0.39, 0.29) is 11.4 Å². The van der Waals surface area contributed by atoms with Gasteiger partial charge in [-0.15, -0.1) is 0 Å². The summed E-state index contributed by atoms with van der Waals surface area (Å²) in [6.07, 6.45) is 6.37. The van der Waals surface area contributed by atoms with Crippen LogP contribution in [-0.2, 0) is 16.0 Å². The molecule has 1 unspecified atom stereocenters. The molecule has 0 aromatic carbocycles. The number of carbonyl (C=O) groups excluding carboxylic acids is 1. The zero-order valence-corrected chi connectivity index (χ0v) is 10.0. The van der Waals surface area contributed by atoms with Crippen LogP contribution in [0.3, 0.4) is 0 Å². The van der Waals surface area contributed by atoms with Gasteiger partial charge in [0.05, 0.1) is 6.26 Å². The van der Waals surface area contributed by atoms with E-state index in [4.69, 9.17) is 9.15 Å². The largest absolute Gasteiger partial charge is 0.469 e. The third kappa shape index (κ3) is 3.93. The van der Waals surface area contributed by atoms with Gasteiger partial charge in [0.2, 0.25) is 0 Å². The Morgan fingerprint density at radius 1 is 1.62 bits per heavy atom. The Hall–Kier alpha value is -1.51. The molecule has 1 atom stereocenters. The number of carbonyl (C=O) groups is 1. The van der Waals surface area contributed by atoms with Gasteiger partial charge in [0.25, 0.3) is 0 Å². The first-order valence-corrected chi connectivity index (χ1v) is 5.35. The van der Waals surface area contributed by atoms with Crippen molar-refractivity contribution in [2.24, 2.45) is 5.41 Å². The van der Waals surface area contributed by atoms with Crippen LogP contribution in [0.1, 0.15) is 26.5 Å². The van der Waals surface area contributed by atoms with Gasteiger partial charge in [-0.2, -0.15) is 0 Å². The Morgan fingerprint density at radius 2 is 2.38 bits per heavy atom. The summed E-state index contributed by atoms with van der Waals surface area (Å²) in [5.74, 6) is 0.642. The smallest absolute Gasteiger partial charge is 0.302 e. The third-order valence-corrected chi connectivity index (χ3v) is 2.33. The molecule has 0 radical (unpaired) electrons. The van der Waals surface area contributed by atoms with Crippen molar-refractivity contribution < 1.29 is 13.9 Å². The van der Waals surface area contributed by atoms with Crippen LogP contribution in [-0.4, -0.2) is 12.6 Å². The molecule has 0 aliphatic rings. The minimum atomic E-state index is -0.254. The lowest BCUT2D eigenvalue weighted by Gasteiger charge is -2.24. The van der Waals surface area contributed by atoms with Crippen LogP contribution in [0, 0.1) is 5.41 Å². The fourth-order valence-electron chi connectivity index (χ4n) is 1.64. The van der Waals surface area contributed by atoms with E-state index < -0.39 is 0 Å². The molecule has 3 heteroatoms. The summed E-state index contributed by atoms with van der Waals surface area (Å²) in [7, 11) is 0. The van der Waals surface area contributed by atoms with Gasteiger partial charge in [0.15, 0.2) is 0 Å². The maximum absolute atomic E-state index is 10.8. The second-order valence-electron chi connectivity index (χ2n) is 4.19. The summed E-state index contributed by atoms with van der Waals surface area (Å²) in [4.78, 5) is 10.8. The minimum absolute atomic E-state index is 0.210. The van der Waals surface area contributed by atoms with Crippen LogP contribution in [0.5, 0.6) is 0 Å². The van der Waals surface area contributed by atoms with Crippen molar-refractivity contribution in [1.82, 2.24) is 0 Å². The van der Waals surface area contributed by atoms with Crippen molar-refractivity contribution in [3.8, 4) is 0 Å². The highest BCUT2D eigenvalue weighted by molar-refractivity contribution is 5.65. The molecule has 0 spiro atoms. The standard InChI is InChI=1S/C13H18O3/c1-4-7-13(3,10-16-11(2)14)9-12-6-5-8-15-12/h4-8H,9-10H2,1-3H3/b7-4-. The highest BCUT2D eigenvalue weighted by Gasteiger charge is 2.24. The Balaban J connectivity index is 2.68. The van der Waals surface area contributed by atoms with E-state index in [2.05, 4.69) is 0 Å². The fraction of sp³-hybridized carbons (Fsp3) is 0.462. The normalized spacial score (nSPS) is 14.9. The molecule has 1 aromatic heterocycles. The zero-order chi connectivity index (χ0) is 12.0. The molecular formula is C13H18O3. The summed E-state index contributed by atoms with van der Waals surface area (Å²) in [5.41, 5.74) is -0.210. The van der Waals surface area contributed by atoms with Gasteiger partial charge in [0, 0.05) is 18.8 Å². The molecule has 88 valence electrons. The van der Waals surface area contributed by atoms with Crippen LogP contribution in [0.4, 0.5) is 0 Å². The molecule has 0 aliphatic heterocycles. The number of esters is 1. The summed E-state index contributed by atoms with van der Waals surface area (Å²) < 4.78 is 10.4. The SMILES string of the molecule is C/C=C\C(C)(COC(C)=O)Cc1ccco1. The van der Waals surface area contributed by atoms with Crippen molar-refractivity contribution in [3.63, 3.8) is 0 Å². The van der Waals surface area contributed by atoms with Gasteiger partial charge in [0.1, 0.15) is 12.4 Å². The van der Waals surface area contributed by atoms with Gasteiger partial charge in [-0.3, -0.25) is 4.79 Å². The molecule has 1 aromatic rings. The summed E-state index contributed by atoms with van der Waals surface area (Å²) in [6.45, 7) is 5.78. The number of rotatable bonds is 5. The van der Waals surface area contributed by atoms with E-state index in [1.54, 1.807) is 6.26 Å². The molecule has 0 amide bonds. The lowest BCUT2D eigenvalue weighted by molar-refractivity contribution is -0.143. The van der Waals surface area contributed by atoms with Crippen molar-refractivity contribution in [2.75, 3.05) is 6.61 Å². The van der Waals surface area contributed by atoms with E-state index in [9.17, 15) is 4.79 Å². The lowest BCUT2D eigenvalue weighted by atomic mass is 9.86. The highest BCUT2D eigenvalue weighted by Crippen LogP contribution is 2.25. The molecule has 0 aliphatic carbocycles. The Kier molecular flexibility index (Phi) is 4.35. The van der Waals surface area contributed by atoms with Crippen LogP contribution < -0.4 is 0 Å². The summed E-state index contributed by atoms with van der Waals surface area (Å²) >= 11 is 0. The summed E-state index contributed by atoms with van der Waals surface area (Å²) in [6, 6.07) is 3.78. The maximum atomic E-state index is 10.8. The molecule has 0 fully saturated rings. The van der Waals surface area contributed by atoms with E-state index in [0.29, 0.717) is 6.61 Å². The maximum Gasteiger partial charge on any atom is 0.302 e. The fourth-order valence-corrected chi connectivity index (χ4v) is 1.64. The number of hydrogen-bond donors (Lipinski definition) is 0. The number of ether oxygens (including phenoxy) is 1. The van der Waals surface area contributed by atoms with Crippen molar-refractivity contribution in [3.05, 3.63) is 36.3 Å². The molecule has 1 rings (SSSR count). The van der Waals surface area contributed by atoms with Gasteiger partial charge in [-0.05, 0) is 19.1 Å². The quantitative estimate of drug-likeness (QED) is 0.568. The lowest BCUT2D eigenvalue weighted by Crippen LogP contribution is -2.24. The molecule has 0 saturated heterocycles. The predicted molar refractivity (Wildman–Crippen MR) is 62.0 cm³/mol. The van der Waals surface area contributed by atoms with E-state index in [1.165, 1.54) is 6.92 Å². The molecule has 1 heterocycles. The van der Waals surface area contributed by atoms with Crippen molar-refractivity contribution in [2.45, 2.75) is 27.2 Å². The Morgan fingerprint density at radius 3 is 2.88 bits per heavy atom.